The Morgan fingerprint density at radius 2 is 1.77 bits per heavy atom. The quantitative estimate of drug-likeness (QED) is 0.483. The first kappa shape index (κ1) is 21.3. The number of imidazole rings is 1. The monoisotopic (exact) mass is 482 g/mol. The van der Waals surface area contributed by atoms with Crippen LogP contribution >= 0.6 is 15.9 Å². The number of aromatic nitrogens is 2. The van der Waals surface area contributed by atoms with Gasteiger partial charge in [0.2, 0.25) is 0 Å². The highest BCUT2D eigenvalue weighted by Crippen LogP contribution is 2.40. The summed E-state index contributed by atoms with van der Waals surface area (Å²) in [5, 5.41) is 3.50. The van der Waals surface area contributed by atoms with Crippen LogP contribution in [0.25, 0.3) is 11.3 Å². The maximum Gasteiger partial charge on any atom is 0.261 e. The summed E-state index contributed by atoms with van der Waals surface area (Å²) in [4.78, 5) is 19.5. The van der Waals surface area contributed by atoms with Gasteiger partial charge in [-0.25, -0.2) is 9.37 Å². The molecular formula is C24H24BrFN4O. The van der Waals surface area contributed by atoms with Crippen LogP contribution in [0.3, 0.4) is 0 Å². The number of amides is 1. The summed E-state index contributed by atoms with van der Waals surface area (Å²) in [6.07, 6.45) is 0. The first-order chi connectivity index (χ1) is 14.7. The first-order valence-corrected chi connectivity index (χ1v) is 10.8. The zero-order valence-electron chi connectivity index (χ0n) is 17.7. The third-order valence-electron chi connectivity index (χ3n) is 5.65. The number of halogens is 2. The van der Waals surface area contributed by atoms with Gasteiger partial charge in [0.1, 0.15) is 23.2 Å². The zero-order chi connectivity index (χ0) is 22.3. The van der Waals surface area contributed by atoms with Crippen LogP contribution in [0.15, 0.2) is 59.6 Å². The highest BCUT2D eigenvalue weighted by atomic mass is 79.9. The molecule has 0 unspecified atom stereocenters. The van der Waals surface area contributed by atoms with Crippen molar-refractivity contribution in [3.63, 3.8) is 0 Å². The highest BCUT2D eigenvalue weighted by molar-refractivity contribution is 9.12. The molecular weight excluding hydrogens is 459 g/mol. The Balaban J connectivity index is 1.85. The predicted molar refractivity (Wildman–Crippen MR) is 125 cm³/mol. The number of fused-ring (bicyclic) bond motifs is 1. The van der Waals surface area contributed by atoms with Crippen molar-refractivity contribution in [2.24, 2.45) is 0 Å². The van der Waals surface area contributed by atoms with Crippen LogP contribution in [0.2, 0.25) is 0 Å². The number of hydrogen-bond donors (Lipinski definition) is 1. The lowest BCUT2D eigenvalue weighted by Crippen LogP contribution is -2.52. The molecule has 0 spiro atoms. The smallest absolute Gasteiger partial charge is 0.261 e. The van der Waals surface area contributed by atoms with Crippen LogP contribution in [-0.4, -0.2) is 26.9 Å². The molecule has 0 radical (unpaired) electrons. The van der Waals surface area contributed by atoms with Crippen LogP contribution < -0.4 is 5.32 Å². The number of aryl methyl sites for hydroxylation is 1. The van der Waals surface area contributed by atoms with Crippen LogP contribution in [0.4, 0.5) is 15.9 Å². The fourth-order valence-electron chi connectivity index (χ4n) is 3.95. The molecule has 0 bridgehead atoms. The van der Waals surface area contributed by atoms with E-state index in [0.717, 1.165) is 28.6 Å². The number of hydrogen-bond acceptors (Lipinski definition) is 3. The topological polar surface area (TPSA) is 50.2 Å². The second kappa shape index (κ2) is 7.96. The Kier molecular flexibility index (Phi) is 5.47. The van der Waals surface area contributed by atoms with Crippen LogP contribution in [0.5, 0.6) is 0 Å². The van der Waals surface area contributed by atoms with E-state index in [2.05, 4.69) is 32.4 Å². The molecule has 1 aliphatic rings. The molecule has 0 saturated heterocycles. The van der Waals surface area contributed by atoms with Gasteiger partial charge in [-0.2, -0.15) is 0 Å². The Labute approximate surface area is 189 Å². The molecule has 7 heteroatoms. The van der Waals surface area contributed by atoms with Crippen LogP contribution in [-0.2, 0) is 16.9 Å². The molecule has 31 heavy (non-hydrogen) atoms. The maximum atomic E-state index is 13.6. The largest absolute Gasteiger partial charge is 0.340 e. The number of carbonyl (C=O) groups excluding carboxylic acids is 1. The molecule has 4 rings (SSSR count). The third kappa shape index (κ3) is 3.90. The van der Waals surface area contributed by atoms with Gasteiger partial charge in [-0.15, -0.1) is 0 Å². The number of benzene rings is 2. The van der Waals surface area contributed by atoms with E-state index in [9.17, 15) is 9.18 Å². The van der Waals surface area contributed by atoms with Crippen molar-refractivity contribution < 1.29 is 9.18 Å². The normalized spacial score (nSPS) is 14.8. The van der Waals surface area contributed by atoms with Gasteiger partial charge in [-0.1, -0.05) is 24.3 Å². The summed E-state index contributed by atoms with van der Waals surface area (Å²) in [6, 6.07) is 14.4. The van der Waals surface area contributed by atoms with Crippen molar-refractivity contribution in [1.29, 1.82) is 0 Å². The van der Waals surface area contributed by atoms with E-state index in [4.69, 9.17) is 4.98 Å². The van der Waals surface area contributed by atoms with Crippen molar-refractivity contribution in [3.8, 4) is 11.3 Å². The van der Waals surface area contributed by atoms with Crippen molar-refractivity contribution in [2.45, 2.75) is 32.9 Å². The summed E-state index contributed by atoms with van der Waals surface area (Å²) in [6.45, 7) is 10.8. The molecule has 0 saturated carbocycles. The Hall–Kier alpha value is -2.93. The fraction of sp³-hybridized carbons (Fsp3) is 0.250. The minimum absolute atomic E-state index is 0.157. The molecule has 3 aromatic rings. The summed E-state index contributed by atoms with van der Waals surface area (Å²) < 4.78 is 16.0. The first-order valence-electron chi connectivity index (χ1n) is 10.1. The number of nitrogens with one attached hydrogen (secondary N) is 1. The summed E-state index contributed by atoms with van der Waals surface area (Å²) >= 11 is 3.22. The lowest BCUT2D eigenvalue weighted by Gasteiger charge is -2.42. The third-order valence-corrected chi connectivity index (χ3v) is 5.99. The fourth-order valence-corrected chi connectivity index (χ4v) is 4.16. The molecule has 2 aromatic carbocycles. The molecule has 0 atom stereocenters. The number of anilines is 2. The van der Waals surface area contributed by atoms with Gasteiger partial charge in [0.25, 0.3) is 5.91 Å². The van der Waals surface area contributed by atoms with Crippen molar-refractivity contribution >= 4 is 33.3 Å². The SMILES string of the molecule is C=C(Br)C(=O)N1CCn2c(nc(-c3ccc(F)cc3)c2Nc2ccc(C)cc2)C1(C)C. The molecule has 2 heterocycles. The van der Waals surface area contributed by atoms with Gasteiger partial charge in [-0.05, 0) is 73.1 Å². The van der Waals surface area contributed by atoms with Gasteiger partial charge in [0.15, 0.2) is 0 Å². The van der Waals surface area contributed by atoms with Crippen molar-refractivity contribution in [2.75, 3.05) is 11.9 Å². The second-order valence-corrected chi connectivity index (χ2v) is 9.16. The number of nitrogens with zero attached hydrogens (tertiary/aromatic N) is 3. The van der Waals surface area contributed by atoms with Crippen LogP contribution in [0, 0.1) is 12.7 Å². The summed E-state index contributed by atoms with van der Waals surface area (Å²) in [5.74, 6) is 1.13. The summed E-state index contributed by atoms with van der Waals surface area (Å²) in [7, 11) is 0. The number of rotatable bonds is 4. The Bertz CT molecular complexity index is 1150. The average Bonchev–Trinajstić information content (AvgIpc) is 3.09. The molecule has 1 amide bonds. The molecule has 5 nitrogen and oxygen atoms in total. The summed E-state index contributed by atoms with van der Waals surface area (Å²) in [5.41, 5.74) is 2.97. The van der Waals surface area contributed by atoms with Crippen molar-refractivity contribution in [1.82, 2.24) is 14.5 Å². The minimum Gasteiger partial charge on any atom is -0.340 e. The van der Waals surface area contributed by atoms with Crippen molar-refractivity contribution in [3.05, 3.63) is 76.8 Å². The number of carbonyl (C=O) groups is 1. The van der Waals surface area contributed by atoms with Gasteiger partial charge in [0, 0.05) is 24.3 Å². The Morgan fingerprint density at radius 3 is 2.39 bits per heavy atom. The molecule has 0 aliphatic carbocycles. The molecule has 1 aliphatic heterocycles. The van der Waals surface area contributed by atoms with Gasteiger partial charge >= 0.3 is 0 Å². The molecule has 1 aromatic heterocycles. The standard InChI is InChI=1S/C24H24BrFN4O/c1-15-5-11-19(12-6-15)27-21-20(17-7-9-18(26)10-8-17)28-23-24(3,4)30(14-13-29(21)23)22(31)16(2)25/h5-12,27H,2,13-14H2,1,3-4H3. The zero-order valence-corrected chi connectivity index (χ0v) is 19.3. The van der Waals surface area contributed by atoms with E-state index in [1.165, 1.54) is 17.7 Å². The predicted octanol–water partition coefficient (Wildman–Crippen LogP) is 5.73. The van der Waals surface area contributed by atoms with E-state index in [0.29, 0.717) is 17.6 Å². The second-order valence-electron chi connectivity index (χ2n) is 8.20. The van der Waals surface area contributed by atoms with Gasteiger partial charge in [-0.3, -0.25) is 4.79 Å². The molecule has 1 N–H and O–H groups in total. The lowest BCUT2D eigenvalue weighted by atomic mass is 9.99. The Morgan fingerprint density at radius 1 is 1.13 bits per heavy atom. The van der Waals surface area contributed by atoms with Gasteiger partial charge in [0.05, 0.1) is 10.0 Å². The maximum absolute atomic E-state index is 13.6. The van der Waals surface area contributed by atoms with Gasteiger partial charge < -0.3 is 14.8 Å². The van der Waals surface area contributed by atoms with E-state index in [1.807, 2.05) is 45.0 Å². The van der Waals surface area contributed by atoms with E-state index in [1.54, 1.807) is 17.0 Å². The van der Waals surface area contributed by atoms with E-state index < -0.39 is 5.54 Å². The minimum atomic E-state index is -0.659. The molecule has 0 fully saturated rings. The van der Waals surface area contributed by atoms with E-state index in [-0.39, 0.29) is 11.7 Å². The average molecular weight is 483 g/mol. The molecule has 160 valence electrons. The van der Waals surface area contributed by atoms with Crippen LogP contribution in [0.1, 0.15) is 25.2 Å². The van der Waals surface area contributed by atoms with E-state index >= 15 is 0 Å². The highest BCUT2D eigenvalue weighted by Gasteiger charge is 2.41. The lowest BCUT2D eigenvalue weighted by molar-refractivity contribution is -0.133.